The Labute approximate surface area is 241 Å². The third-order valence-electron chi connectivity index (χ3n) is 6.37. The van der Waals surface area contributed by atoms with E-state index >= 15 is 0 Å². The standard InChI is InChI=1S/C29H22N4O8S/c1-3-40-28(35)25-17(2)30-29-31(26(25)19-9-5-4-6-10-19)27(34)24(42-29)15-18-8-7-11-21(14-18)41-23-13-12-20(32(36)37)16-22(23)33(38)39/h4-16,26H,3H2,1-2H3/b24-15-/t26-/m0/s1. The number of aromatic nitrogens is 1. The van der Waals surface area contributed by atoms with Crippen molar-refractivity contribution in [3.8, 4) is 11.5 Å². The Hall–Kier alpha value is -5.43. The van der Waals surface area contributed by atoms with Crippen molar-refractivity contribution >= 4 is 34.8 Å². The maximum absolute atomic E-state index is 13.8. The second kappa shape index (κ2) is 11.6. The molecule has 42 heavy (non-hydrogen) atoms. The number of rotatable bonds is 8. The Morgan fingerprint density at radius 3 is 2.50 bits per heavy atom. The quantitative estimate of drug-likeness (QED) is 0.167. The zero-order valence-corrected chi connectivity index (χ0v) is 23.1. The lowest BCUT2D eigenvalue weighted by atomic mass is 9.96. The molecule has 0 saturated carbocycles. The lowest BCUT2D eigenvalue weighted by molar-refractivity contribution is -0.394. The van der Waals surface area contributed by atoms with E-state index in [4.69, 9.17) is 9.47 Å². The summed E-state index contributed by atoms with van der Waals surface area (Å²) < 4.78 is 12.8. The van der Waals surface area contributed by atoms with Crippen LogP contribution >= 0.6 is 11.3 Å². The van der Waals surface area contributed by atoms with Crippen LogP contribution in [0, 0.1) is 20.2 Å². The fourth-order valence-electron chi connectivity index (χ4n) is 4.54. The van der Waals surface area contributed by atoms with Gasteiger partial charge in [-0.15, -0.1) is 0 Å². The zero-order chi connectivity index (χ0) is 30.0. The lowest BCUT2D eigenvalue weighted by Crippen LogP contribution is -2.39. The number of thiazole rings is 1. The van der Waals surface area contributed by atoms with E-state index in [-0.39, 0.29) is 29.2 Å². The molecule has 0 saturated heterocycles. The van der Waals surface area contributed by atoms with Gasteiger partial charge in [-0.1, -0.05) is 53.8 Å². The van der Waals surface area contributed by atoms with Crippen molar-refractivity contribution in [3.05, 3.63) is 135 Å². The molecule has 4 aromatic rings. The number of hydrogen-bond donors (Lipinski definition) is 0. The smallest absolute Gasteiger partial charge is 0.338 e. The van der Waals surface area contributed by atoms with Crippen LogP contribution in [0.25, 0.3) is 6.08 Å². The van der Waals surface area contributed by atoms with Crippen molar-refractivity contribution in [2.45, 2.75) is 19.9 Å². The molecule has 0 fully saturated rings. The van der Waals surface area contributed by atoms with Gasteiger partial charge in [0.05, 0.1) is 44.4 Å². The number of ether oxygens (including phenoxy) is 2. The van der Waals surface area contributed by atoms with Crippen molar-refractivity contribution < 1.29 is 24.1 Å². The zero-order valence-electron chi connectivity index (χ0n) is 22.3. The van der Waals surface area contributed by atoms with Gasteiger partial charge in [0.25, 0.3) is 11.2 Å². The van der Waals surface area contributed by atoms with Crippen LogP contribution in [0.1, 0.15) is 31.0 Å². The van der Waals surface area contributed by atoms with Crippen molar-refractivity contribution in [2.24, 2.45) is 4.99 Å². The Bertz CT molecular complexity index is 1950. The molecule has 1 aliphatic rings. The van der Waals surface area contributed by atoms with E-state index < -0.39 is 33.2 Å². The van der Waals surface area contributed by atoms with Gasteiger partial charge in [-0.3, -0.25) is 29.6 Å². The maximum atomic E-state index is 13.8. The fraction of sp³-hybridized carbons (Fsp3) is 0.138. The average Bonchev–Trinajstić information content (AvgIpc) is 3.26. The molecule has 13 heteroatoms. The summed E-state index contributed by atoms with van der Waals surface area (Å²) in [5.41, 5.74) is 0.656. The monoisotopic (exact) mass is 586 g/mol. The summed E-state index contributed by atoms with van der Waals surface area (Å²) in [6.45, 7) is 3.58. The van der Waals surface area contributed by atoms with E-state index in [1.807, 2.05) is 30.3 Å². The summed E-state index contributed by atoms with van der Waals surface area (Å²) >= 11 is 1.15. The molecular weight excluding hydrogens is 564 g/mol. The molecule has 0 aliphatic carbocycles. The van der Waals surface area contributed by atoms with Gasteiger partial charge < -0.3 is 9.47 Å². The van der Waals surface area contributed by atoms with E-state index in [2.05, 4.69) is 4.99 Å². The van der Waals surface area contributed by atoms with Crippen molar-refractivity contribution in [1.29, 1.82) is 0 Å². The van der Waals surface area contributed by atoms with Crippen LogP contribution in [-0.2, 0) is 9.53 Å². The lowest BCUT2D eigenvalue weighted by Gasteiger charge is -2.24. The summed E-state index contributed by atoms with van der Waals surface area (Å²) in [4.78, 5) is 52.8. The number of non-ortho nitro benzene ring substituents is 1. The minimum atomic E-state index is -0.761. The molecular formula is C29H22N4O8S. The summed E-state index contributed by atoms with van der Waals surface area (Å²) in [6.07, 6.45) is 1.63. The maximum Gasteiger partial charge on any atom is 0.338 e. The molecule has 1 aromatic heterocycles. The number of nitro groups is 2. The molecule has 12 nitrogen and oxygen atoms in total. The SMILES string of the molecule is CCOC(=O)C1=C(C)N=c2s/c(=C\c3cccc(Oc4ccc([N+](=O)[O-])cc4[N+](=O)[O-])c3)c(=O)n2[C@H]1c1ccccc1. The Morgan fingerprint density at radius 2 is 1.81 bits per heavy atom. The molecule has 1 aliphatic heterocycles. The average molecular weight is 587 g/mol. The fourth-order valence-corrected chi connectivity index (χ4v) is 5.58. The van der Waals surface area contributed by atoms with Crippen molar-refractivity contribution in [2.75, 3.05) is 6.61 Å². The first-order chi connectivity index (χ1) is 20.2. The third kappa shape index (κ3) is 5.45. The van der Waals surface area contributed by atoms with Crippen LogP contribution in [0.4, 0.5) is 11.4 Å². The number of nitro benzene ring substituents is 2. The highest BCUT2D eigenvalue weighted by molar-refractivity contribution is 7.07. The second-order valence-electron chi connectivity index (χ2n) is 9.05. The van der Waals surface area contributed by atoms with Crippen LogP contribution in [-0.4, -0.2) is 27.0 Å². The van der Waals surface area contributed by atoms with Crippen LogP contribution in [0.3, 0.4) is 0 Å². The Balaban J connectivity index is 1.56. The number of fused-ring (bicyclic) bond motifs is 1. The summed E-state index contributed by atoms with van der Waals surface area (Å²) in [6, 6.07) is 18.0. The molecule has 0 unspecified atom stereocenters. The minimum absolute atomic E-state index is 0.170. The number of esters is 1. The van der Waals surface area contributed by atoms with Gasteiger partial charge in [-0.2, -0.15) is 0 Å². The number of benzene rings is 3. The summed E-state index contributed by atoms with van der Waals surface area (Å²) in [5, 5.41) is 22.5. The van der Waals surface area contributed by atoms with Gasteiger partial charge in [-0.25, -0.2) is 9.79 Å². The van der Waals surface area contributed by atoms with Gasteiger partial charge in [0.15, 0.2) is 4.80 Å². The van der Waals surface area contributed by atoms with E-state index in [1.165, 1.54) is 4.57 Å². The molecule has 0 amide bonds. The molecule has 0 radical (unpaired) electrons. The minimum Gasteiger partial charge on any atom is -0.463 e. The van der Waals surface area contributed by atoms with E-state index in [1.54, 1.807) is 44.2 Å². The van der Waals surface area contributed by atoms with Crippen LogP contribution in [0.5, 0.6) is 11.5 Å². The van der Waals surface area contributed by atoms with Crippen molar-refractivity contribution in [1.82, 2.24) is 4.57 Å². The third-order valence-corrected chi connectivity index (χ3v) is 7.35. The van der Waals surface area contributed by atoms with Gasteiger partial charge >= 0.3 is 11.7 Å². The van der Waals surface area contributed by atoms with Gasteiger partial charge in [0, 0.05) is 6.07 Å². The summed E-state index contributed by atoms with van der Waals surface area (Å²) in [5.74, 6) is -0.505. The normalized spacial score (nSPS) is 14.6. The van der Waals surface area contributed by atoms with E-state index in [0.29, 0.717) is 20.6 Å². The highest BCUT2D eigenvalue weighted by atomic mass is 32.1. The number of hydrogen-bond acceptors (Lipinski definition) is 10. The summed E-state index contributed by atoms with van der Waals surface area (Å²) in [7, 11) is 0. The molecule has 1 atom stereocenters. The van der Waals surface area contributed by atoms with Gasteiger partial charge in [0.1, 0.15) is 5.75 Å². The van der Waals surface area contributed by atoms with Gasteiger partial charge in [0.2, 0.25) is 5.75 Å². The highest BCUT2D eigenvalue weighted by Gasteiger charge is 2.33. The van der Waals surface area contributed by atoms with Crippen LogP contribution < -0.4 is 19.6 Å². The molecule has 2 heterocycles. The van der Waals surface area contributed by atoms with Crippen LogP contribution in [0.2, 0.25) is 0 Å². The number of nitrogens with zero attached hydrogens (tertiary/aromatic N) is 4. The molecule has 0 N–H and O–H groups in total. The molecule has 0 spiro atoms. The largest absolute Gasteiger partial charge is 0.463 e. The first-order valence-electron chi connectivity index (χ1n) is 12.6. The van der Waals surface area contributed by atoms with E-state index in [0.717, 1.165) is 35.1 Å². The predicted octanol–water partition coefficient (Wildman–Crippen LogP) is 4.41. The number of carbonyl (C=O) groups excluding carboxylic acids is 1. The first kappa shape index (κ1) is 28.1. The predicted molar refractivity (Wildman–Crippen MR) is 153 cm³/mol. The van der Waals surface area contributed by atoms with E-state index in [9.17, 15) is 29.8 Å². The molecule has 3 aromatic carbocycles. The topological polar surface area (TPSA) is 156 Å². The number of carbonyl (C=O) groups is 1. The van der Waals surface area contributed by atoms with Gasteiger partial charge in [-0.05, 0) is 49.2 Å². The molecule has 5 rings (SSSR count). The molecule has 212 valence electrons. The first-order valence-corrected chi connectivity index (χ1v) is 13.4. The Kier molecular flexibility index (Phi) is 7.76. The number of allylic oxidation sites excluding steroid dienone is 1. The molecule has 0 bridgehead atoms. The van der Waals surface area contributed by atoms with Crippen molar-refractivity contribution in [3.63, 3.8) is 0 Å². The Morgan fingerprint density at radius 1 is 1.05 bits per heavy atom. The second-order valence-corrected chi connectivity index (χ2v) is 10.1. The highest BCUT2D eigenvalue weighted by Crippen LogP contribution is 2.35. The van der Waals surface area contributed by atoms with Crippen LogP contribution in [0.15, 0.2) is 93.9 Å².